The predicted molar refractivity (Wildman–Crippen MR) is 167 cm³/mol. The van der Waals surface area contributed by atoms with Gasteiger partial charge in [0.2, 0.25) is 29.5 Å². The van der Waals surface area contributed by atoms with E-state index in [1.807, 2.05) is 60.7 Å². The number of carbonyl (C=O) groups excluding carboxylic acids is 5. The van der Waals surface area contributed by atoms with Gasteiger partial charge in [0.25, 0.3) is 0 Å². The molecule has 0 bridgehead atoms. The van der Waals surface area contributed by atoms with Crippen LogP contribution in [0, 0.1) is 0 Å². The Labute approximate surface area is 262 Å². The highest BCUT2D eigenvalue weighted by Gasteiger charge is 2.39. The molecule has 4 atom stereocenters. The van der Waals surface area contributed by atoms with Gasteiger partial charge < -0.3 is 31.7 Å². The predicted octanol–water partition coefficient (Wildman–Crippen LogP) is 1.37. The van der Waals surface area contributed by atoms with Crippen LogP contribution in [0.1, 0.15) is 36.5 Å². The summed E-state index contributed by atoms with van der Waals surface area (Å²) in [6.45, 7) is 1.62. The van der Waals surface area contributed by atoms with Crippen molar-refractivity contribution in [2.75, 3.05) is 6.54 Å². The van der Waals surface area contributed by atoms with E-state index in [1.165, 1.54) is 24.0 Å². The maximum absolute atomic E-state index is 13.7. The van der Waals surface area contributed by atoms with Crippen LogP contribution in [-0.2, 0) is 43.2 Å². The van der Waals surface area contributed by atoms with E-state index in [0.29, 0.717) is 19.4 Å². The Hall–Kier alpha value is -5.19. The van der Waals surface area contributed by atoms with Crippen LogP contribution < -0.4 is 21.7 Å². The molecule has 45 heavy (non-hydrogen) atoms. The number of primary amides is 1. The minimum atomic E-state index is -1.06. The fraction of sp³-hybridized carbons (Fsp3) is 0.324. The van der Waals surface area contributed by atoms with E-state index < -0.39 is 53.7 Å². The molecule has 4 rings (SSSR count). The quantitative estimate of drug-likeness (QED) is 0.195. The summed E-state index contributed by atoms with van der Waals surface area (Å²) in [6, 6.07) is 20.7. The van der Waals surface area contributed by atoms with Gasteiger partial charge in [0.15, 0.2) is 0 Å². The summed E-state index contributed by atoms with van der Waals surface area (Å²) in [5, 5.41) is 17.8. The van der Waals surface area contributed by atoms with Crippen molar-refractivity contribution in [1.29, 1.82) is 0 Å². The summed E-state index contributed by atoms with van der Waals surface area (Å²) in [4.78, 5) is 66.8. The van der Waals surface area contributed by atoms with Gasteiger partial charge in [0.1, 0.15) is 29.9 Å². The molecular weight excluding hydrogens is 574 g/mol. The van der Waals surface area contributed by atoms with Crippen molar-refractivity contribution < 1.29 is 29.1 Å². The van der Waals surface area contributed by atoms with Crippen LogP contribution in [-0.4, -0.2) is 70.3 Å². The number of carbonyl (C=O) groups is 5. The number of benzene rings is 3. The van der Waals surface area contributed by atoms with Crippen molar-refractivity contribution in [3.05, 3.63) is 102 Å². The van der Waals surface area contributed by atoms with Gasteiger partial charge in [-0.05, 0) is 41.7 Å². The molecule has 0 aliphatic carbocycles. The van der Waals surface area contributed by atoms with Crippen molar-refractivity contribution >= 4 is 29.5 Å². The van der Waals surface area contributed by atoms with Crippen LogP contribution in [0.15, 0.2) is 84.9 Å². The first-order valence-electron chi connectivity index (χ1n) is 14.9. The molecule has 3 aromatic rings. The Kier molecular flexibility index (Phi) is 11.3. The Bertz CT molecular complexity index is 1480. The Morgan fingerprint density at radius 2 is 1.29 bits per heavy atom. The zero-order valence-corrected chi connectivity index (χ0v) is 25.1. The number of nitrogens with zero attached hydrogens (tertiary/aromatic N) is 1. The molecule has 1 saturated heterocycles. The normalized spacial score (nSPS) is 16.2. The van der Waals surface area contributed by atoms with Crippen LogP contribution in [0.25, 0.3) is 0 Å². The Morgan fingerprint density at radius 1 is 0.756 bits per heavy atom. The molecule has 11 nitrogen and oxygen atoms in total. The number of likely N-dealkylation sites (tertiary alicyclic amines) is 1. The highest BCUT2D eigenvalue weighted by Crippen LogP contribution is 2.21. The van der Waals surface area contributed by atoms with E-state index in [-0.39, 0.29) is 25.0 Å². The molecule has 236 valence electrons. The Morgan fingerprint density at radius 3 is 1.84 bits per heavy atom. The zero-order valence-electron chi connectivity index (χ0n) is 25.1. The molecule has 1 aliphatic heterocycles. The summed E-state index contributed by atoms with van der Waals surface area (Å²) >= 11 is 0. The van der Waals surface area contributed by atoms with Gasteiger partial charge in [-0.2, -0.15) is 0 Å². The lowest BCUT2D eigenvalue weighted by Crippen LogP contribution is -2.58. The molecule has 0 aromatic heterocycles. The van der Waals surface area contributed by atoms with Crippen molar-refractivity contribution in [1.82, 2.24) is 20.9 Å². The van der Waals surface area contributed by atoms with Gasteiger partial charge in [-0.3, -0.25) is 24.0 Å². The molecule has 1 heterocycles. The molecule has 4 unspecified atom stereocenters. The average molecular weight is 614 g/mol. The van der Waals surface area contributed by atoms with Crippen LogP contribution in [0.4, 0.5) is 0 Å². The fourth-order valence-electron chi connectivity index (χ4n) is 5.49. The van der Waals surface area contributed by atoms with Gasteiger partial charge in [-0.1, -0.05) is 72.8 Å². The third-order valence-corrected chi connectivity index (χ3v) is 7.75. The zero-order chi connectivity index (χ0) is 32.3. The maximum Gasteiger partial charge on any atom is 0.246 e. The molecule has 0 saturated carbocycles. The largest absolute Gasteiger partial charge is 0.508 e. The lowest BCUT2D eigenvalue weighted by molar-refractivity contribution is -0.142. The van der Waals surface area contributed by atoms with Crippen molar-refractivity contribution in [3.63, 3.8) is 0 Å². The van der Waals surface area contributed by atoms with E-state index in [9.17, 15) is 29.1 Å². The van der Waals surface area contributed by atoms with Gasteiger partial charge >= 0.3 is 0 Å². The smallest absolute Gasteiger partial charge is 0.246 e. The van der Waals surface area contributed by atoms with Gasteiger partial charge in [0.05, 0.1) is 0 Å². The molecule has 11 heteroatoms. The topological polar surface area (TPSA) is 171 Å². The van der Waals surface area contributed by atoms with Crippen molar-refractivity contribution in [2.24, 2.45) is 5.73 Å². The van der Waals surface area contributed by atoms with Crippen molar-refractivity contribution in [3.8, 4) is 5.75 Å². The number of phenols is 1. The van der Waals surface area contributed by atoms with E-state index in [1.54, 1.807) is 12.1 Å². The van der Waals surface area contributed by atoms with E-state index in [0.717, 1.165) is 16.7 Å². The first kappa shape index (κ1) is 32.7. The molecule has 1 aliphatic rings. The van der Waals surface area contributed by atoms with Crippen LogP contribution in [0.3, 0.4) is 0 Å². The molecule has 1 fully saturated rings. The maximum atomic E-state index is 13.7. The number of nitrogens with two attached hydrogens (primary N) is 1. The van der Waals surface area contributed by atoms with Crippen molar-refractivity contribution in [2.45, 2.75) is 63.2 Å². The number of rotatable bonds is 13. The Balaban J connectivity index is 1.51. The highest BCUT2D eigenvalue weighted by atomic mass is 16.3. The highest BCUT2D eigenvalue weighted by molar-refractivity contribution is 5.95. The van der Waals surface area contributed by atoms with Gasteiger partial charge in [-0.25, -0.2) is 0 Å². The van der Waals surface area contributed by atoms with Crippen LogP contribution in [0.5, 0.6) is 5.75 Å². The second kappa shape index (κ2) is 15.5. The summed E-state index contributed by atoms with van der Waals surface area (Å²) in [5.74, 6) is -2.54. The second-order valence-electron chi connectivity index (χ2n) is 11.2. The molecule has 6 N–H and O–H groups in total. The van der Waals surface area contributed by atoms with E-state index in [2.05, 4.69) is 16.0 Å². The lowest BCUT2D eigenvalue weighted by Gasteiger charge is -2.30. The number of amides is 5. The number of aromatic hydroxyl groups is 1. The summed E-state index contributed by atoms with van der Waals surface area (Å²) in [6.07, 6.45) is 1.43. The van der Waals surface area contributed by atoms with E-state index in [4.69, 9.17) is 5.73 Å². The SMILES string of the molecule is CC(=O)NC(Cc1ccc(O)cc1)C(=O)N1CCCC1C(=O)NC(Cc1ccccc1)C(=O)NC(Cc1ccccc1)C(N)=O. The summed E-state index contributed by atoms with van der Waals surface area (Å²) < 4.78 is 0. The van der Waals surface area contributed by atoms with Gasteiger partial charge in [0, 0.05) is 32.7 Å². The third-order valence-electron chi connectivity index (χ3n) is 7.75. The van der Waals surface area contributed by atoms with Crippen LogP contribution in [0.2, 0.25) is 0 Å². The standard InChI is InChI=1S/C34H39N5O6/c1-22(40)36-29(21-25-14-16-26(41)17-15-25)34(45)39-18-8-13-30(39)33(44)38-28(20-24-11-6-3-7-12-24)32(43)37-27(31(35)42)19-23-9-4-2-5-10-23/h2-7,9-12,14-17,27-30,41H,8,13,18-21H2,1H3,(H2,35,42)(H,36,40)(H,37,43)(H,38,44). The second-order valence-corrected chi connectivity index (χ2v) is 11.2. The fourth-order valence-corrected chi connectivity index (χ4v) is 5.49. The molecule has 0 radical (unpaired) electrons. The molecule has 3 aromatic carbocycles. The lowest BCUT2D eigenvalue weighted by atomic mass is 10.0. The van der Waals surface area contributed by atoms with Gasteiger partial charge in [-0.15, -0.1) is 0 Å². The number of nitrogens with one attached hydrogen (secondary N) is 3. The minimum absolute atomic E-state index is 0.0775. The summed E-state index contributed by atoms with van der Waals surface area (Å²) in [5.41, 5.74) is 7.96. The number of hydrogen-bond acceptors (Lipinski definition) is 6. The summed E-state index contributed by atoms with van der Waals surface area (Å²) in [7, 11) is 0. The average Bonchev–Trinajstić information content (AvgIpc) is 3.52. The molecule has 5 amide bonds. The first-order valence-corrected chi connectivity index (χ1v) is 14.9. The number of hydrogen-bond donors (Lipinski definition) is 5. The van der Waals surface area contributed by atoms with E-state index >= 15 is 0 Å². The number of phenolic OH excluding ortho intramolecular Hbond substituents is 1. The molecule has 0 spiro atoms. The monoisotopic (exact) mass is 613 g/mol. The minimum Gasteiger partial charge on any atom is -0.508 e. The van der Waals surface area contributed by atoms with Crippen LogP contribution >= 0.6 is 0 Å². The first-order chi connectivity index (χ1) is 21.6. The molecular formula is C34H39N5O6. The third kappa shape index (κ3) is 9.40.